The second-order valence-electron chi connectivity index (χ2n) is 16.0. The molecule has 4 aromatic carbocycles. The molecule has 1 spiro atoms. The topological polar surface area (TPSA) is 120 Å². The Kier molecular flexibility index (Phi) is 11.2. The van der Waals surface area contributed by atoms with Crippen LogP contribution in [0.3, 0.4) is 0 Å². The van der Waals surface area contributed by atoms with Gasteiger partial charge in [0, 0.05) is 56.8 Å². The molecule has 4 aromatic rings. The number of carbonyl (C=O) groups excluding carboxylic acids is 1. The highest BCUT2D eigenvalue weighted by molar-refractivity contribution is 6.32. The van der Waals surface area contributed by atoms with Crippen LogP contribution in [0.4, 0.5) is 0 Å². The van der Waals surface area contributed by atoms with Crippen molar-refractivity contribution in [2.75, 3.05) is 32.8 Å². The standard InChI is InChI=1S/C46H48ClN5O4/c1-30-36(6-3-9-41(30)54-17-5-16-52-28-46(29-52)14-4-15-46)37-7-2-8-39-38(37)11-12-42(39)56-44-22-43(55-27-33-19-31(23-48)18-32(20-33)24-49)34(21-40(44)47)25-50-26-35-10-13-45(53)51-35/h2-3,6-9,18-22,35,42,50H,4-5,10-17,25-29H2,1H3,(H,51,53)/t35-,42-/m0/s1. The van der Waals surface area contributed by atoms with Gasteiger partial charge < -0.3 is 29.7 Å². The van der Waals surface area contributed by atoms with Crippen LogP contribution in [-0.4, -0.2) is 49.6 Å². The molecule has 2 heterocycles. The number of halogens is 1. The number of amides is 1. The highest BCUT2D eigenvalue weighted by atomic mass is 35.5. The van der Waals surface area contributed by atoms with Gasteiger partial charge in [0.2, 0.25) is 5.91 Å². The first-order chi connectivity index (χ1) is 27.3. The van der Waals surface area contributed by atoms with Gasteiger partial charge in [-0.1, -0.05) is 48.4 Å². The molecule has 10 heteroatoms. The number of hydrogen-bond donors (Lipinski definition) is 2. The molecule has 9 nitrogen and oxygen atoms in total. The number of nitrogens with zero attached hydrogens (tertiary/aromatic N) is 3. The molecule has 0 bridgehead atoms. The first kappa shape index (κ1) is 37.8. The maximum Gasteiger partial charge on any atom is 0.220 e. The van der Waals surface area contributed by atoms with Crippen molar-refractivity contribution in [1.82, 2.24) is 15.5 Å². The molecular weight excluding hydrogens is 722 g/mol. The van der Waals surface area contributed by atoms with E-state index in [2.05, 4.69) is 71.0 Å². The third kappa shape index (κ3) is 8.22. The van der Waals surface area contributed by atoms with Gasteiger partial charge in [-0.05, 0) is 115 Å². The van der Waals surface area contributed by atoms with Crippen molar-refractivity contribution in [2.24, 2.45) is 5.41 Å². The van der Waals surface area contributed by atoms with E-state index in [-0.39, 0.29) is 24.7 Å². The van der Waals surface area contributed by atoms with Crippen LogP contribution in [0, 0.1) is 35.0 Å². The second-order valence-corrected chi connectivity index (χ2v) is 16.4. The van der Waals surface area contributed by atoms with Crippen molar-refractivity contribution in [2.45, 2.75) is 83.6 Å². The Morgan fingerprint density at radius 1 is 0.929 bits per heavy atom. The molecule has 3 fully saturated rings. The predicted octanol–water partition coefficient (Wildman–Crippen LogP) is 8.33. The normalized spacial score (nSPS) is 19.3. The van der Waals surface area contributed by atoms with E-state index in [1.54, 1.807) is 18.2 Å². The number of carbonyl (C=O) groups is 1. The maximum atomic E-state index is 11.7. The zero-order chi connectivity index (χ0) is 38.6. The van der Waals surface area contributed by atoms with Gasteiger partial charge in [-0.2, -0.15) is 10.5 Å². The summed E-state index contributed by atoms with van der Waals surface area (Å²) < 4.78 is 19.5. The van der Waals surface area contributed by atoms with Gasteiger partial charge in [0.05, 0.1) is 34.9 Å². The lowest BCUT2D eigenvalue weighted by atomic mass is 9.63. The quantitative estimate of drug-likeness (QED) is 0.116. The van der Waals surface area contributed by atoms with Crippen LogP contribution in [-0.2, 0) is 24.4 Å². The molecule has 0 unspecified atom stereocenters. The predicted molar refractivity (Wildman–Crippen MR) is 216 cm³/mol. The molecule has 0 radical (unpaired) electrons. The first-order valence-electron chi connectivity index (χ1n) is 19.9. The fourth-order valence-corrected chi connectivity index (χ4v) is 9.18. The second kappa shape index (κ2) is 16.6. The number of benzene rings is 4. The van der Waals surface area contributed by atoms with Crippen LogP contribution >= 0.6 is 11.6 Å². The minimum absolute atomic E-state index is 0.0736. The van der Waals surface area contributed by atoms with Gasteiger partial charge in [0.15, 0.2) is 0 Å². The van der Waals surface area contributed by atoms with Gasteiger partial charge in [0.25, 0.3) is 0 Å². The molecule has 2 saturated heterocycles. The molecule has 56 heavy (non-hydrogen) atoms. The van der Waals surface area contributed by atoms with Crippen molar-refractivity contribution >= 4 is 17.5 Å². The number of hydrogen-bond acceptors (Lipinski definition) is 8. The Labute approximate surface area is 334 Å². The van der Waals surface area contributed by atoms with Crippen molar-refractivity contribution in [3.8, 4) is 40.5 Å². The van der Waals surface area contributed by atoms with E-state index >= 15 is 0 Å². The Balaban J connectivity index is 0.971. The van der Waals surface area contributed by atoms with Gasteiger partial charge in [0.1, 0.15) is 30.0 Å². The molecule has 2 N–H and O–H groups in total. The maximum absolute atomic E-state index is 11.7. The highest BCUT2D eigenvalue weighted by Crippen LogP contribution is 2.48. The Bertz CT molecular complexity index is 2160. The van der Waals surface area contributed by atoms with Crippen LogP contribution in [0.5, 0.6) is 17.2 Å². The number of likely N-dealkylation sites (tertiary alicyclic amines) is 1. The van der Waals surface area contributed by atoms with Crippen LogP contribution in [0.1, 0.15) is 90.0 Å². The summed E-state index contributed by atoms with van der Waals surface area (Å²) in [5, 5.41) is 25.9. The lowest BCUT2D eigenvalue weighted by Gasteiger charge is -2.56. The largest absolute Gasteiger partial charge is 0.493 e. The summed E-state index contributed by atoms with van der Waals surface area (Å²) in [5.41, 5.74) is 8.95. The van der Waals surface area contributed by atoms with Crippen LogP contribution in [0.15, 0.2) is 66.7 Å². The number of ether oxygens (including phenoxy) is 3. The summed E-state index contributed by atoms with van der Waals surface area (Å²) in [4.78, 5) is 14.3. The Hall–Kier alpha value is -5.06. The summed E-state index contributed by atoms with van der Waals surface area (Å²) in [7, 11) is 0. The summed E-state index contributed by atoms with van der Waals surface area (Å²) in [5.74, 6) is 2.12. The number of nitriles is 2. The summed E-state index contributed by atoms with van der Waals surface area (Å²) in [6.45, 7) is 7.73. The van der Waals surface area contributed by atoms with Crippen molar-refractivity contribution in [3.63, 3.8) is 0 Å². The molecule has 288 valence electrons. The molecule has 2 aliphatic heterocycles. The average molecular weight is 770 g/mol. The number of fused-ring (bicyclic) bond motifs is 1. The zero-order valence-corrected chi connectivity index (χ0v) is 32.7. The third-order valence-corrected chi connectivity index (χ3v) is 12.3. The lowest BCUT2D eigenvalue weighted by molar-refractivity contribution is -0.119. The fraction of sp³-hybridized carbons (Fsp3) is 0.413. The van der Waals surface area contributed by atoms with Crippen LogP contribution in [0.25, 0.3) is 11.1 Å². The minimum atomic E-state index is -0.198. The van der Waals surface area contributed by atoms with E-state index in [4.69, 9.17) is 25.8 Å². The molecule has 4 aliphatic rings. The molecule has 1 saturated carbocycles. The van der Waals surface area contributed by atoms with Crippen LogP contribution < -0.4 is 24.8 Å². The van der Waals surface area contributed by atoms with Gasteiger partial charge in [-0.3, -0.25) is 4.79 Å². The Morgan fingerprint density at radius 3 is 2.45 bits per heavy atom. The van der Waals surface area contributed by atoms with E-state index in [1.165, 1.54) is 49.0 Å². The first-order valence-corrected chi connectivity index (χ1v) is 20.3. The van der Waals surface area contributed by atoms with Crippen molar-refractivity contribution < 1.29 is 19.0 Å². The highest BCUT2D eigenvalue weighted by Gasteiger charge is 2.46. The van der Waals surface area contributed by atoms with Gasteiger partial charge in [-0.25, -0.2) is 0 Å². The van der Waals surface area contributed by atoms with E-state index in [0.717, 1.165) is 54.7 Å². The smallest absolute Gasteiger partial charge is 0.220 e. The lowest BCUT2D eigenvalue weighted by Crippen LogP contribution is -2.59. The average Bonchev–Trinajstić information content (AvgIpc) is 3.79. The molecule has 2 aliphatic carbocycles. The summed E-state index contributed by atoms with van der Waals surface area (Å²) in [6, 6.07) is 25.9. The SMILES string of the molecule is Cc1c(OCCCN2CC3(CCC3)C2)cccc1-c1cccc2c1CC[C@@H]2Oc1cc(OCc2cc(C#N)cc(C#N)c2)c(CNC[C@@H]2CCC(=O)N2)cc1Cl. The van der Waals surface area contributed by atoms with Crippen molar-refractivity contribution in [1.29, 1.82) is 10.5 Å². The molecule has 1 amide bonds. The minimum Gasteiger partial charge on any atom is -0.493 e. The number of nitrogens with one attached hydrogen (secondary N) is 2. The van der Waals surface area contributed by atoms with E-state index in [0.29, 0.717) is 64.7 Å². The third-order valence-electron chi connectivity index (χ3n) is 12.0. The molecule has 2 atom stereocenters. The van der Waals surface area contributed by atoms with E-state index in [1.807, 2.05) is 12.1 Å². The Morgan fingerprint density at radius 2 is 1.71 bits per heavy atom. The zero-order valence-electron chi connectivity index (χ0n) is 32.0. The summed E-state index contributed by atoms with van der Waals surface area (Å²) >= 11 is 6.94. The summed E-state index contributed by atoms with van der Waals surface area (Å²) in [6.07, 6.45) is 8.07. The monoisotopic (exact) mass is 769 g/mol. The molecule has 0 aromatic heterocycles. The van der Waals surface area contributed by atoms with Gasteiger partial charge >= 0.3 is 0 Å². The van der Waals surface area contributed by atoms with Gasteiger partial charge in [-0.15, -0.1) is 0 Å². The fourth-order valence-electron chi connectivity index (χ4n) is 8.95. The van der Waals surface area contributed by atoms with E-state index < -0.39 is 0 Å². The van der Waals surface area contributed by atoms with Crippen molar-refractivity contribution in [3.05, 3.63) is 111 Å². The van der Waals surface area contributed by atoms with Crippen LogP contribution in [0.2, 0.25) is 5.02 Å². The molecular formula is C46H48ClN5O4. The molecule has 8 rings (SSSR count). The number of rotatable bonds is 15. The van der Waals surface area contributed by atoms with E-state index in [9.17, 15) is 15.3 Å².